The van der Waals surface area contributed by atoms with Crippen LogP contribution in [0, 0.1) is 6.92 Å². The summed E-state index contributed by atoms with van der Waals surface area (Å²) in [5, 5.41) is 0.915. The van der Waals surface area contributed by atoms with E-state index in [2.05, 4.69) is 9.88 Å². The lowest BCUT2D eigenvalue weighted by molar-refractivity contribution is -0.137. The van der Waals surface area contributed by atoms with Crippen LogP contribution in [0.4, 0.5) is 18.3 Å². The average molecular weight is 355 g/mol. The van der Waals surface area contributed by atoms with Gasteiger partial charge in [-0.25, -0.2) is 4.98 Å². The Labute approximate surface area is 141 Å². The Balaban J connectivity index is 1.67. The van der Waals surface area contributed by atoms with Gasteiger partial charge in [-0.15, -0.1) is 11.3 Å². The second-order valence-electron chi connectivity index (χ2n) is 5.61. The summed E-state index contributed by atoms with van der Waals surface area (Å²) in [5.74, 6) is -0.365. The molecule has 1 amide bonds. The van der Waals surface area contributed by atoms with Crippen LogP contribution >= 0.6 is 11.3 Å². The highest BCUT2D eigenvalue weighted by atomic mass is 32.1. The number of piperazine rings is 1. The Kier molecular flexibility index (Phi) is 4.49. The van der Waals surface area contributed by atoms with Gasteiger partial charge in [-0.05, 0) is 25.1 Å². The van der Waals surface area contributed by atoms with Crippen molar-refractivity contribution in [3.05, 3.63) is 46.5 Å². The van der Waals surface area contributed by atoms with E-state index in [1.165, 1.54) is 12.1 Å². The first-order chi connectivity index (χ1) is 11.3. The van der Waals surface area contributed by atoms with Gasteiger partial charge in [-0.3, -0.25) is 4.79 Å². The smallest absolute Gasteiger partial charge is 0.345 e. The minimum atomic E-state index is -4.45. The van der Waals surface area contributed by atoms with Crippen LogP contribution in [0.15, 0.2) is 30.5 Å². The molecule has 1 aliphatic heterocycles. The number of benzene rings is 1. The van der Waals surface area contributed by atoms with Gasteiger partial charge in [0.2, 0.25) is 0 Å². The number of aromatic nitrogens is 1. The number of carbonyl (C=O) groups excluding carboxylic acids is 1. The molecule has 1 saturated heterocycles. The van der Waals surface area contributed by atoms with Crippen LogP contribution in [0.5, 0.6) is 0 Å². The summed E-state index contributed by atoms with van der Waals surface area (Å²) in [5.41, 5.74) is -0.728. The second kappa shape index (κ2) is 6.43. The molecule has 0 radical (unpaired) electrons. The highest BCUT2D eigenvalue weighted by molar-refractivity contribution is 7.15. The van der Waals surface area contributed by atoms with Gasteiger partial charge in [-0.1, -0.05) is 6.07 Å². The summed E-state index contributed by atoms with van der Waals surface area (Å²) in [7, 11) is 0. The van der Waals surface area contributed by atoms with Crippen LogP contribution in [0.25, 0.3) is 0 Å². The first kappa shape index (κ1) is 16.8. The van der Waals surface area contributed by atoms with Gasteiger partial charge in [-0.2, -0.15) is 13.2 Å². The zero-order chi connectivity index (χ0) is 17.3. The Morgan fingerprint density at radius 2 is 1.92 bits per heavy atom. The van der Waals surface area contributed by atoms with Crippen LogP contribution in [-0.2, 0) is 6.18 Å². The maximum atomic E-state index is 12.8. The molecule has 0 bridgehead atoms. The Morgan fingerprint density at radius 3 is 2.50 bits per heavy atom. The molecular weight excluding hydrogens is 339 g/mol. The molecule has 2 aromatic rings. The van der Waals surface area contributed by atoms with Gasteiger partial charge < -0.3 is 9.80 Å². The molecule has 1 fully saturated rings. The predicted molar refractivity (Wildman–Crippen MR) is 86.4 cm³/mol. The van der Waals surface area contributed by atoms with Gasteiger partial charge in [0.05, 0.1) is 5.56 Å². The molecule has 0 N–H and O–H groups in total. The van der Waals surface area contributed by atoms with Gasteiger partial charge in [0.1, 0.15) is 0 Å². The highest BCUT2D eigenvalue weighted by Crippen LogP contribution is 2.30. The zero-order valence-electron chi connectivity index (χ0n) is 13.0. The van der Waals surface area contributed by atoms with Crippen LogP contribution < -0.4 is 4.90 Å². The Morgan fingerprint density at radius 1 is 1.21 bits per heavy atom. The average Bonchev–Trinajstić information content (AvgIpc) is 3.00. The quantitative estimate of drug-likeness (QED) is 0.828. The molecule has 0 atom stereocenters. The lowest BCUT2D eigenvalue weighted by Crippen LogP contribution is -2.48. The van der Waals surface area contributed by atoms with Crippen LogP contribution in [0.2, 0.25) is 0 Å². The molecule has 1 aliphatic rings. The third-order valence-electron chi connectivity index (χ3n) is 3.88. The number of amides is 1. The molecule has 0 aliphatic carbocycles. The summed E-state index contributed by atoms with van der Waals surface area (Å²) in [4.78, 5) is 21.6. The molecular formula is C16H16F3N3OS. The number of hydrogen-bond donors (Lipinski definition) is 0. The molecule has 3 rings (SSSR count). The topological polar surface area (TPSA) is 36.4 Å². The van der Waals surface area contributed by atoms with E-state index in [1.807, 2.05) is 6.92 Å². The summed E-state index contributed by atoms with van der Waals surface area (Å²) >= 11 is 1.59. The van der Waals surface area contributed by atoms with Gasteiger partial charge in [0.25, 0.3) is 5.91 Å². The Hall–Kier alpha value is -2.09. The lowest BCUT2D eigenvalue weighted by atomic mass is 10.1. The summed E-state index contributed by atoms with van der Waals surface area (Å²) in [6, 6.07) is 4.58. The van der Waals surface area contributed by atoms with E-state index in [1.54, 1.807) is 22.4 Å². The standard InChI is InChI=1S/C16H16F3N3OS/c1-11-10-20-15(24-11)22-7-5-21(6-8-22)14(23)12-3-2-4-13(9-12)16(17,18)19/h2-4,9-10H,5-8H2,1H3. The van der Waals surface area contributed by atoms with Crippen molar-refractivity contribution in [3.63, 3.8) is 0 Å². The summed E-state index contributed by atoms with van der Waals surface area (Å²) in [6.07, 6.45) is -2.64. The molecule has 0 spiro atoms. The van der Waals surface area contributed by atoms with Crippen molar-refractivity contribution in [1.82, 2.24) is 9.88 Å². The number of anilines is 1. The normalized spacial score (nSPS) is 15.7. The monoisotopic (exact) mass is 355 g/mol. The first-order valence-corrected chi connectivity index (χ1v) is 8.30. The molecule has 1 aromatic carbocycles. The maximum absolute atomic E-state index is 12.8. The number of thiazole rings is 1. The van der Waals surface area contributed by atoms with Crippen molar-refractivity contribution in [1.29, 1.82) is 0 Å². The van der Waals surface area contributed by atoms with Crippen molar-refractivity contribution in [2.24, 2.45) is 0 Å². The summed E-state index contributed by atoms with van der Waals surface area (Å²) < 4.78 is 38.3. The van der Waals surface area contributed by atoms with E-state index in [9.17, 15) is 18.0 Å². The number of carbonyl (C=O) groups is 1. The molecule has 0 unspecified atom stereocenters. The molecule has 2 heterocycles. The SMILES string of the molecule is Cc1cnc(N2CCN(C(=O)c3cccc(C(F)(F)F)c3)CC2)s1. The van der Waals surface area contributed by atoms with Gasteiger partial charge in [0, 0.05) is 42.8 Å². The van der Waals surface area contributed by atoms with Crippen molar-refractivity contribution < 1.29 is 18.0 Å². The van der Waals surface area contributed by atoms with E-state index in [0.29, 0.717) is 26.2 Å². The lowest BCUT2D eigenvalue weighted by Gasteiger charge is -2.34. The maximum Gasteiger partial charge on any atom is 0.416 e. The van der Waals surface area contributed by atoms with Crippen LogP contribution in [0.1, 0.15) is 20.8 Å². The fourth-order valence-corrected chi connectivity index (χ4v) is 3.41. The van der Waals surface area contributed by atoms with Crippen molar-refractivity contribution in [2.45, 2.75) is 13.1 Å². The van der Waals surface area contributed by atoms with Gasteiger partial charge in [0.15, 0.2) is 5.13 Å². The van der Waals surface area contributed by atoms with E-state index < -0.39 is 11.7 Å². The van der Waals surface area contributed by atoms with Crippen LogP contribution in [0.3, 0.4) is 0 Å². The first-order valence-electron chi connectivity index (χ1n) is 7.48. The highest BCUT2D eigenvalue weighted by Gasteiger charge is 2.31. The van der Waals surface area contributed by atoms with E-state index in [4.69, 9.17) is 0 Å². The molecule has 1 aromatic heterocycles. The van der Waals surface area contributed by atoms with E-state index in [0.717, 1.165) is 22.1 Å². The predicted octanol–water partition coefficient (Wildman–Crippen LogP) is 3.43. The van der Waals surface area contributed by atoms with Gasteiger partial charge >= 0.3 is 6.18 Å². The van der Waals surface area contributed by atoms with Crippen molar-refractivity contribution >= 4 is 22.4 Å². The molecule has 24 heavy (non-hydrogen) atoms. The Bertz CT molecular complexity index is 736. The number of rotatable bonds is 2. The van der Waals surface area contributed by atoms with E-state index in [-0.39, 0.29) is 11.5 Å². The second-order valence-corrected chi connectivity index (χ2v) is 6.82. The largest absolute Gasteiger partial charge is 0.416 e. The molecule has 8 heteroatoms. The third kappa shape index (κ3) is 3.53. The van der Waals surface area contributed by atoms with E-state index >= 15 is 0 Å². The minimum absolute atomic E-state index is 0.0726. The third-order valence-corrected chi connectivity index (χ3v) is 4.86. The van der Waals surface area contributed by atoms with Crippen molar-refractivity contribution in [3.8, 4) is 0 Å². The fraction of sp³-hybridized carbons (Fsp3) is 0.375. The number of halogens is 3. The molecule has 0 saturated carbocycles. The number of hydrogen-bond acceptors (Lipinski definition) is 4. The molecule has 4 nitrogen and oxygen atoms in total. The minimum Gasteiger partial charge on any atom is -0.345 e. The zero-order valence-corrected chi connectivity index (χ0v) is 13.8. The number of alkyl halides is 3. The summed E-state index contributed by atoms with van der Waals surface area (Å²) in [6.45, 7) is 4.16. The number of nitrogens with zero attached hydrogens (tertiary/aromatic N) is 3. The van der Waals surface area contributed by atoms with Crippen LogP contribution in [-0.4, -0.2) is 42.0 Å². The fourth-order valence-electron chi connectivity index (χ4n) is 2.60. The number of aryl methyl sites for hydroxylation is 1. The van der Waals surface area contributed by atoms with Crippen molar-refractivity contribution in [2.75, 3.05) is 31.1 Å². The molecule has 128 valence electrons.